The summed E-state index contributed by atoms with van der Waals surface area (Å²) in [5.41, 5.74) is 1.00. The Morgan fingerprint density at radius 1 is 1.00 bits per heavy atom. The van der Waals surface area contributed by atoms with Gasteiger partial charge in [0.1, 0.15) is 18.0 Å². The van der Waals surface area contributed by atoms with Gasteiger partial charge in [-0.1, -0.05) is 11.8 Å². The van der Waals surface area contributed by atoms with Gasteiger partial charge in [0.25, 0.3) is 0 Å². The summed E-state index contributed by atoms with van der Waals surface area (Å²) in [6.07, 6.45) is 3.54. The number of aryl methyl sites for hydroxylation is 1. The van der Waals surface area contributed by atoms with E-state index in [0.29, 0.717) is 5.88 Å². The van der Waals surface area contributed by atoms with Crippen LogP contribution in [0.15, 0.2) is 23.6 Å². The fourth-order valence-electron chi connectivity index (χ4n) is 2.56. The van der Waals surface area contributed by atoms with Gasteiger partial charge in [-0.3, -0.25) is 0 Å². The van der Waals surface area contributed by atoms with Crippen molar-refractivity contribution in [2.24, 2.45) is 0 Å². The number of rotatable bonds is 4. The molecule has 0 aliphatic carbocycles. The van der Waals surface area contributed by atoms with Gasteiger partial charge in [-0.25, -0.2) is 19.9 Å². The number of piperazine rings is 1. The lowest BCUT2D eigenvalue weighted by molar-refractivity contribution is 0.396. The highest BCUT2D eigenvalue weighted by Gasteiger charge is 2.20. The minimum Gasteiger partial charge on any atom is -0.481 e. The van der Waals surface area contributed by atoms with Gasteiger partial charge >= 0.3 is 0 Å². The summed E-state index contributed by atoms with van der Waals surface area (Å²) in [5, 5.41) is 0.822. The van der Waals surface area contributed by atoms with Gasteiger partial charge in [-0.05, 0) is 13.2 Å². The second kappa shape index (κ2) is 6.99. The van der Waals surface area contributed by atoms with Crippen LogP contribution in [0.4, 0.5) is 11.6 Å². The summed E-state index contributed by atoms with van der Waals surface area (Å²) >= 11 is 1.57. The maximum absolute atomic E-state index is 5.17. The molecular weight excluding hydrogens is 312 g/mol. The second-order valence-electron chi connectivity index (χ2n) is 5.25. The van der Waals surface area contributed by atoms with E-state index in [1.807, 2.05) is 25.3 Å². The largest absolute Gasteiger partial charge is 0.481 e. The van der Waals surface area contributed by atoms with Gasteiger partial charge in [0.15, 0.2) is 5.16 Å². The fourth-order valence-corrected chi connectivity index (χ4v) is 2.98. The molecule has 8 heteroatoms. The molecule has 3 rings (SSSR count). The molecule has 0 aromatic carbocycles. The zero-order valence-electron chi connectivity index (χ0n) is 13.6. The molecule has 0 N–H and O–H groups in total. The van der Waals surface area contributed by atoms with Gasteiger partial charge in [-0.15, -0.1) is 0 Å². The van der Waals surface area contributed by atoms with Crippen LogP contribution in [0.2, 0.25) is 0 Å². The van der Waals surface area contributed by atoms with Crippen LogP contribution in [0, 0.1) is 6.92 Å². The van der Waals surface area contributed by atoms with Crippen molar-refractivity contribution in [2.45, 2.75) is 12.1 Å². The molecule has 1 aliphatic heterocycles. The van der Waals surface area contributed by atoms with Crippen molar-refractivity contribution in [3.05, 3.63) is 24.2 Å². The van der Waals surface area contributed by atoms with E-state index >= 15 is 0 Å². The molecule has 122 valence electrons. The monoisotopic (exact) mass is 332 g/mol. The average molecular weight is 332 g/mol. The molecule has 1 fully saturated rings. The molecule has 0 radical (unpaired) electrons. The number of thioether (sulfide) groups is 1. The lowest BCUT2D eigenvalue weighted by atomic mass is 10.3. The van der Waals surface area contributed by atoms with E-state index in [9.17, 15) is 0 Å². The Labute approximate surface area is 140 Å². The zero-order chi connectivity index (χ0) is 16.2. The van der Waals surface area contributed by atoms with Crippen LogP contribution in [-0.2, 0) is 0 Å². The third kappa shape index (κ3) is 3.64. The topological polar surface area (TPSA) is 67.3 Å². The highest BCUT2D eigenvalue weighted by atomic mass is 32.2. The van der Waals surface area contributed by atoms with Crippen LogP contribution in [0.1, 0.15) is 5.69 Å². The van der Waals surface area contributed by atoms with E-state index in [4.69, 9.17) is 4.74 Å². The van der Waals surface area contributed by atoms with Crippen LogP contribution in [-0.4, -0.2) is 59.5 Å². The zero-order valence-corrected chi connectivity index (χ0v) is 14.4. The van der Waals surface area contributed by atoms with Crippen molar-refractivity contribution < 1.29 is 4.74 Å². The number of methoxy groups -OCH3 is 1. The minimum absolute atomic E-state index is 0.591. The predicted octanol–water partition coefficient (Wildman–Crippen LogP) is 1.63. The first-order valence-corrected chi connectivity index (χ1v) is 8.67. The van der Waals surface area contributed by atoms with Crippen LogP contribution in [0.25, 0.3) is 0 Å². The van der Waals surface area contributed by atoms with Crippen molar-refractivity contribution in [2.75, 3.05) is 49.3 Å². The maximum atomic E-state index is 5.17. The molecule has 2 aromatic rings. The van der Waals surface area contributed by atoms with Crippen LogP contribution >= 0.6 is 11.8 Å². The first-order valence-electron chi connectivity index (χ1n) is 7.45. The summed E-state index contributed by atoms with van der Waals surface area (Å²) < 4.78 is 5.17. The SMILES string of the molecule is COc1cc(N2CCN(c3cc(C)nc(SC)n3)CC2)ncn1. The molecule has 0 unspecified atom stereocenters. The smallest absolute Gasteiger partial charge is 0.218 e. The molecule has 0 amide bonds. The number of hydrogen-bond acceptors (Lipinski definition) is 8. The van der Waals surface area contributed by atoms with Gasteiger partial charge in [0.2, 0.25) is 5.88 Å². The summed E-state index contributed by atoms with van der Waals surface area (Å²) in [6, 6.07) is 3.92. The molecule has 0 saturated carbocycles. The Bertz CT molecular complexity index is 675. The highest BCUT2D eigenvalue weighted by molar-refractivity contribution is 7.98. The van der Waals surface area contributed by atoms with Crippen molar-refractivity contribution >= 4 is 23.4 Å². The summed E-state index contributed by atoms with van der Waals surface area (Å²) in [4.78, 5) is 22.0. The van der Waals surface area contributed by atoms with Crippen molar-refractivity contribution in [1.82, 2.24) is 19.9 Å². The van der Waals surface area contributed by atoms with Crippen molar-refractivity contribution in [1.29, 1.82) is 0 Å². The third-order valence-electron chi connectivity index (χ3n) is 3.77. The molecule has 0 spiro atoms. The van der Waals surface area contributed by atoms with Crippen molar-refractivity contribution in [3.8, 4) is 5.88 Å². The van der Waals surface area contributed by atoms with Crippen LogP contribution in [0.3, 0.4) is 0 Å². The quantitative estimate of drug-likeness (QED) is 0.618. The van der Waals surface area contributed by atoms with Crippen LogP contribution < -0.4 is 14.5 Å². The Morgan fingerprint density at radius 2 is 1.70 bits per heavy atom. The average Bonchev–Trinajstić information content (AvgIpc) is 2.61. The second-order valence-corrected chi connectivity index (χ2v) is 6.02. The molecule has 0 bridgehead atoms. The number of nitrogens with zero attached hydrogens (tertiary/aromatic N) is 6. The first-order chi connectivity index (χ1) is 11.2. The van der Waals surface area contributed by atoms with E-state index in [1.165, 1.54) is 0 Å². The van der Waals surface area contributed by atoms with Gasteiger partial charge in [0.05, 0.1) is 7.11 Å². The molecule has 1 saturated heterocycles. The predicted molar refractivity (Wildman–Crippen MR) is 91.6 cm³/mol. The molecule has 1 aliphatic rings. The lowest BCUT2D eigenvalue weighted by Crippen LogP contribution is -2.47. The number of hydrogen-bond donors (Lipinski definition) is 0. The first kappa shape index (κ1) is 15.8. The minimum atomic E-state index is 0.591. The van der Waals surface area contributed by atoms with E-state index in [1.54, 1.807) is 25.2 Å². The highest BCUT2D eigenvalue weighted by Crippen LogP contribution is 2.21. The van der Waals surface area contributed by atoms with E-state index in [0.717, 1.165) is 48.7 Å². The van der Waals surface area contributed by atoms with E-state index in [2.05, 4.69) is 29.7 Å². The molecule has 3 heterocycles. The molecule has 23 heavy (non-hydrogen) atoms. The maximum Gasteiger partial charge on any atom is 0.218 e. The third-order valence-corrected chi connectivity index (χ3v) is 4.31. The van der Waals surface area contributed by atoms with Crippen molar-refractivity contribution in [3.63, 3.8) is 0 Å². The van der Waals surface area contributed by atoms with Gasteiger partial charge in [-0.2, -0.15) is 0 Å². The Balaban J connectivity index is 1.69. The molecule has 2 aromatic heterocycles. The molecule has 7 nitrogen and oxygen atoms in total. The fraction of sp³-hybridized carbons (Fsp3) is 0.467. The Kier molecular flexibility index (Phi) is 4.80. The van der Waals surface area contributed by atoms with E-state index < -0.39 is 0 Å². The normalized spacial score (nSPS) is 14.9. The van der Waals surface area contributed by atoms with Gasteiger partial charge < -0.3 is 14.5 Å². The van der Waals surface area contributed by atoms with Crippen LogP contribution in [0.5, 0.6) is 5.88 Å². The summed E-state index contributed by atoms with van der Waals surface area (Å²) in [5.74, 6) is 2.50. The number of anilines is 2. The number of aromatic nitrogens is 4. The Hall–Kier alpha value is -2.09. The number of ether oxygens (including phenoxy) is 1. The standard InChI is InChI=1S/C15H20N6OS/c1-11-8-13(19-15(18-11)23-3)21-6-4-20(5-7-21)12-9-14(22-2)17-10-16-12/h8-10H,4-7H2,1-3H3. The molecular formula is C15H20N6OS. The molecule has 0 atom stereocenters. The summed E-state index contributed by atoms with van der Waals surface area (Å²) in [6.45, 7) is 5.58. The lowest BCUT2D eigenvalue weighted by Gasteiger charge is -2.36. The van der Waals surface area contributed by atoms with Gasteiger partial charge in [0, 0.05) is 44.0 Å². The van der Waals surface area contributed by atoms with E-state index in [-0.39, 0.29) is 0 Å². The summed E-state index contributed by atoms with van der Waals surface area (Å²) in [7, 11) is 1.62. The Morgan fingerprint density at radius 3 is 2.35 bits per heavy atom.